The van der Waals surface area contributed by atoms with Crippen LogP contribution in [-0.2, 0) is 6.42 Å². The van der Waals surface area contributed by atoms with E-state index in [1.165, 1.54) is 21.9 Å². The number of aryl methyl sites for hydroxylation is 1. The summed E-state index contributed by atoms with van der Waals surface area (Å²) >= 11 is 7.60. The summed E-state index contributed by atoms with van der Waals surface area (Å²) in [4.78, 5) is 20.3. The highest BCUT2D eigenvalue weighted by atomic mass is 35.5. The summed E-state index contributed by atoms with van der Waals surface area (Å²) in [5.41, 5.74) is 14.9. The van der Waals surface area contributed by atoms with E-state index in [4.69, 9.17) is 28.5 Å². The average molecular weight is 596 g/mol. The van der Waals surface area contributed by atoms with Crippen molar-refractivity contribution in [3.8, 4) is 16.9 Å². The molecule has 3 atom stereocenters. The van der Waals surface area contributed by atoms with Crippen LogP contribution in [0.3, 0.4) is 0 Å². The largest absolute Gasteiger partial charge is 0.379 e. The number of nitrogens with two attached hydrogens (primary N) is 2. The number of H-pyrrole nitrogens is 1. The third kappa shape index (κ3) is 7.01. The number of amidine groups is 1. The zero-order valence-electron chi connectivity index (χ0n) is 22.9. The van der Waals surface area contributed by atoms with Crippen LogP contribution in [0.2, 0.25) is 5.02 Å². The summed E-state index contributed by atoms with van der Waals surface area (Å²) in [7, 11) is 0. The van der Waals surface area contributed by atoms with Crippen molar-refractivity contribution in [2.75, 3.05) is 5.75 Å². The van der Waals surface area contributed by atoms with Crippen LogP contribution < -0.4 is 22.5 Å². The minimum Gasteiger partial charge on any atom is -0.379 e. The van der Waals surface area contributed by atoms with Gasteiger partial charge in [0.2, 0.25) is 0 Å². The Labute approximate surface area is 247 Å². The highest BCUT2D eigenvalue weighted by Gasteiger charge is 2.22. The van der Waals surface area contributed by atoms with E-state index >= 15 is 4.39 Å². The summed E-state index contributed by atoms with van der Waals surface area (Å²) in [6, 6.07) is 13.8. The molecule has 2 aromatic carbocycles. The van der Waals surface area contributed by atoms with Gasteiger partial charge in [-0.2, -0.15) is 4.98 Å². The van der Waals surface area contributed by atoms with Crippen LogP contribution in [0.1, 0.15) is 56.2 Å². The SMILES string of the molecule is C[C@H](N)CCc1cc(Cl)c(F)c(-c2cc3cn(-c4ccc([C@@H]5CCC[C@@H](CCSC(=N)N)N5)cc4)c(=O)nc3[nH]2)c1. The first-order valence-electron chi connectivity index (χ1n) is 13.9. The fraction of sp³-hybridized carbons (Fsp3) is 0.367. The van der Waals surface area contributed by atoms with Gasteiger partial charge in [-0.05, 0) is 80.5 Å². The van der Waals surface area contributed by atoms with Gasteiger partial charge in [0.15, 0.2) is 11.0 Å². The number of aromatic amines is 1. The molecule has 0 radical (unpaired) electrons. The van der Waals surface area contributed by atoms with Gasteiger partial charge >= 0.3 is 5.69 Å². The average Bonchev–Trinajstić information content (AvgIpc) is 3.35. The number of hydrogen-bond donors (Lipinski definition) is 5. The fourth-order valence-electron chi connectivity index (χ4n) is 5.39. The Morgan fingerprint density at radius 2 is 2.05 bits per heavy atom. The number of hydrogen-bond acceptors (Lipinski definition) is 6. The van der Waals surface area contributed by atoms with E-state index in [2.05, 4.69) is 15.3 Å². The van der Waals surface area contributed by atoms with Crippen LogP contribution in [0.5, 0.6) is 0 Å². The topological polar surface area (TPSA) is 139 Å². The third-order valence-corrected chi connectivity index (χ3v) is 8.58. The molecule has 8 nitrogen and oxygen atoms in total. The standard InChI is InChI=1S/C30H35ClFN7OS/c1-17(33)5-6-18-13-23(27(32)24(31)14-18)26-15-20-16-39(30(40)38-28(20)37-26)22-9-7-19(8-10-22)25-4-2-3-21(36-25)11-12-41-29(34)35/h7-10,13-17,21,25,36H,2-6,11-12,33H2,1H3,(H3,34,35)(H,37,38,40)/t17-,21-,25-/m0/s1. The fourth-order valence-corrected chi connectivity index (χ4v) is 6.26. The maximum atomic E-state index is 15.0. The Kier molecular flexibility index (Phi) is 9.13. The summed E-state index contributed by atoms with van der Waals surface area (Å²) in [6.07, 6.45) is 7.41. The van der Waals surface area contributed by atoms with E-state index in [1.54, 1.807) is 24.4 Å². The normalized spacial score (nSPS) is 18.0. The molecule has 1 fully saturated rings. The van der Waals surface area contributed by atoms with Crippen molar-refractivity contribution >= 4 is 39.6 Å². The van der Waals surface area contributed by atoms with Crippen molar-refractivity contribution in [3.05, 3.63) is 81.1 Å². The number of nitrogens with zero attached hydrogens (tertiary/aromatic N) is 2. The lowest BCUT2D eigenvalue weighted by Crippen LogP contribution is -2.37. The number of piperidine rings is 1. The van der Waals surface area contributed by atoms with Gasteiger partial charge in [-0.25, -0.2) is 9.18 Å². The van der Waals surface area contributed by atoms with Crippen molar-refractivity contribution < 1.29 is 4.39 Å². The van der Waals surface area contributed by atoms with Crippen molar-refractivity contribution in [3.63, 3.8) is 0 Å². The molecular weight excluding hydrogens is 561 g/mol. The molecule has 3 heterocycles. The highest BCUT2D eigenvalue weighted by molar-refractivity contribution is 8.13. The lowest BCUT2D eigenvalue weighted by Gasteiger charge is -2.31. The zero-order valence-corrected chi connectivity index (χ0v) is 24.5. The molecule has 1 saturated heterocycles. The predicted molar refractivity (Wildman–Crippen MR) is 167 cm³/mol. The number of benzene rings is 2. The van der Waals surface area contributed by atoms with E-state index in [9.17, 15) is 4.79 Å². The van der Waals surface area contributed by atoms with E-state index in [0.29, 0.717) is 40.4 Å². The predicted octanol–water partition coefficient (Wildman–Crippen LogP) is 5.65. The van der Waals surface area contributed by atoms with Crippen LogP contribution in [0.15, 0.2) is 53.5 Å². The van der Waals surface area contributed by atoms with E-state index in [0.717, 1.165) is 43.4 Å². The van der Waals surface area contributed by atoms with Gasteiger partial charge in [-0.3, -0.25) is 9.98 Å². The van der Waals surface area contributed by atoms with Crippen LogP contribution in [0.25, 0.3) is 28.0 Å². The summed E-state index contributed by atoms with van der Waals surface area (Å²) in [5.74, 6) is 0.307. The number of fused-ring (bicyclic) bond motifs is 1. The zero-order chi connectivity index (χ0) is 29.1. The molecule has 0 spiro atoms. The number of halogens is 2. The first-order valence-corrected chi connectivity index (χ1v) is 15.2. The molecule has 2 aromatic heterocycles. The molecule has 0 saturated carbocycles. The molecule has 4 aromatic rings. The second kappa shape index (κ2) is 12.8. The first-order chi connectivity index (χ1) is 19.7. The Morgan fingerprint density at radius 3 is 2.78 bits per heavy atom. The minimum atomic E-state index is -0.523. The Morgan fingerprint density at radius 1 is 1.27 bits per heavy atom. The van der Waals surface area contributed by atoms with Crippen molar-refractivity contribution in [1.82, 2.24) is 19.9 Å². The molecule has 11 heteroatoms. The van der Waals surface area contributed by atoms with E-state index in [-0.39, 0.29) is 22.3 Å². The van der Waals surface area contributed by atoms with Crippen LogP contribution >= 0.6 is 23.4 Å². The van der Waals surface area contributed by atoms with Crippen LogP contribution in [-0.4, -0.2) is 37.5 Å². The van der Waals surface area contributed by atoms with Gasteiger partial charge < -0.3 is 21.8 Å². The van der Waals surface area contributed by atoms with Crippen molar-refractivity contribution in [2.45, 2.75) is 63.6 Å². The smallest absolute Gasteiger partial charge is 0.354 e. The van der Waals surface area contributed by atoms with Gasteiger partial charge in [0.25, 0.3) is 0 Å². The molecule has 0 aliphatic carbocycles. The van der Waals surface area contributed by atoms with E-state index < -0.39 is 11.5 Å². The maximum Gasteiger partial charge on any atom is 0.354 e. The minimum absolute atomic E-state index is 0.0261. The Balaban J connectivity index is 1.36. The second-order valence-corrected chi connectivity index (χ2v) is 12.3. The van der Waals surface area contributed by atoms with Gasteiger partial charge in [0.1, 0.15) is 5.65 Å². The molecule has 216 valence electrons. The van der Waals surface area contributed by atoms with Crippen LogP contribution in [0.4, 0.5) is 4.39 Å². The molecule has 1 aliphatic heterocycles. The van der Waals surface area contributed by atoms with Gasteiger partial charge in [-0.15, -0.1) is 0 Å². The molecule has 5 rings (SSSR count). The first kappa shape index (κ1) is 29.3. The molecular formula is C30H35ClFN7OS. The quantitative estimate of drug-likeness (QED) is 0.125. The number of thioether (sulfide) groups is 1. The lowest BCUT2D eigenvalue weighted by molar-refractivity contribution is 0.320. The highest BCUT2D eigenvalue weighted by Crippen LogP contribution is 2.32. The van der Waals surface area contributed by atoms with Crippen molar-refractivity contribution in [1.29, 1.82) is 5.41 Å². The lowest BCUT2D eigenvalue weighted by atomic mass is 9.92. The summed E-state index contributed by atoms with van der Waals surface area (Å²) < 4.78 is 16.5. The van der Waals surface area contributed by atoms with Crippen molar-refractivity contribution in [2.24, 2.45) is 11.5 Å². The second-order valence-electron chi connectivity index (χ2n) is 10.8. The maximum absolute atomic E-state index is 15.0. The number of rotatable bonds is 9. The number of aromatic nitrogens is 3. The van der Waals surface area contributed by atoms with Crippen LogP contribution in [0, 0.1) is 11.2 Å². The van der Waals surface area contributed by atoms with Gasteiger partial charge in [-0.1, -0.05) is 41.9 Å². The Bertz CT molecular complexity index is 1600. The van der Waals surface area contributed by atoms with Gasteiger partial charge in [0.05, 0.1) is 16.4 Å². The van der Waals surface area contributed by atoms with Gasteiger partial charge in [0, 0.05) is 41.0 Å². The molecule has 7 N–H and O–H groups in total. The molecule has 0 bridgehead atoms. The number of nitrogens with one attached hydrogen (secondary N) is 3. The molecule has 0 amide bonds. The monoisotopic (exact) mass is 595 g/mol. The summed E-state index contributed by atoms with van der Waals surface area (Å²) in [5, 5.41) is 12.0. The molecule has 41 heavy (non-hydrogen) atoms. The third-order valence-electron chi connectivity index (χ3n) is 7.55. The molecule has 0 unspecified atom stereocenters. The summed E-state index contributed by atoms with van der Waals surface area (Å²) in [6.45, 7) is 1.93. The van der Waals surface area contributed by atoms with E-state index in [1.807, 2.05) is 31.2 Å². The molecule has 1 aliphatic rings. The Hall–Kier alpha value is -3.18.